The fraction of sp³-hybridized carbons (Fsp3) is 0.286. The molecule has 0 saturated carbocycles. The van der Waals surface area contributed by atoms with Crippen LogP contribution in [0, 0.1) is 0 Å². The van der Waals surface area contributed by atoms with Gasteiger partial charge in [-0.05, 0) is 43.7 Å². The Morgan fingerprint density at radius 2 is 2.00 bits per heavy atom. The van der Waals surface area contributed by atoms with Crippen LogP contribution in [-0.4, -0.2) is 48.3 Å². The zero-order chi connectivity index (χ0) is 22.7. The fourth-order valence-corrected chi connectivity index (χ4v) is 4.72. The number of carbonyl (C=O) groups excluding carboxylic acids is 2. The van der Waals surface area contributed by atoms with Crippen molar-refractivity contribution < 1.29 is 9.59 Å². The van der Waals surface area contributed by atoms with E-state index in [4.69, 9.17) is 23.2 Å². The number of rotatable bonds is 7. The Labute approximate surface area is 199 Å². The maximum absolute atomic E-state index is 12.8. The van der Waals surface area contributed by atoms with Crippen molar-refractivity contribution >= 4 is 52.5 Å². The summed E-state index contributed by atoms with van der Waals surface area (Å²) in [7, 11) is 0. The maximum Gasteiger partial charge on any atom is 0.237 e. The molecule has 0 spiro atoms. The van der Waals surface area contributed by atoms with Gasteiger partial charge in [0.2, 0.25) is 11.8 Å². The number of aromatic nitrogens is 4. The number of nitrogens with one attached hydrogen (secondary N) is 1. The molecule has 2 amide bonds. The van der Waals surface area contributed by atoms with Crippen LogP contribution < -0.4 is 5.32 Å². The van der Waals surface area contributed by atoms with E-state index in [1.165, 1.54) is 11.8 Å². The quantitative estimate of drug-likeness (QED) is 0.498. The molecule has 3 aromatic rings. The molecule has 2 aromatic heterocycles. The first kappa shape index (κ1) is 22.6. The summed E-state index contributed by atoms with van der Waals surface area (Å²) in [5.41, 5.74) is 0.513. The summed E-state index contributed by atoms with van der Waals surface area (Å²) in [6.07, 6.45) is 3.06. The van der Waals surface area contributed by atoms with E-state index in [2.05, 4.69) is 20.5 Å². The molecule has 166 valence electrons. The molecule has 1 fully saturated rings. The van der Waals surface area contributed by atoms with E-state index in [-0.39, 0.29) is 11.8 Å². The summed E-state index contributed by atoms with van der Waals surface area (Å²) in [5, 5.41) is 12.3. The van der Waals surface area contributed by atoms with Crippen molar-refractivity contribution in [2.24, 2.45) is 0 Å². The van der Waals surface area contributed by atoms with Crippen LogP contribution in [0.15, 0.2) is 47.8 Å². The molecule has 1 aromatic carbocycles. The predicted octanol–water partition coefficient (Wildman–Crippen LogP) is 4.21. The number of amides is 2. The molecule has 0 aliphatic carbocycles. The molecular formula is C21H20Cl2N6O2S. The van der Waals surface area contributed by atoms with Crippen LogP contribution in [0.3, 0.4) is 0 Å². The minimum atomic E-state index is -0.499. The fourth-order valence-electron chi connectivity index (χ4n) is 3.32. The molecule has 8 nitrogen and oxygen atoms in total. The van der Waals surface area contributed by atoms with Crippen molar-refractivity contribution in [2.45, 2.75) is 36.7 Å². The number of halogens is 2. The summed E-state index contributed by atoms with van der Waals surface area (Å²) in [6.45, 7) is 2.80. The van der Waals surface area contributed by atoms with Gasteiger partial charge in [0, 0.05) is 34.9 Å². The number of pyridine rings is 1. The molecule has 1 aliphatic heterocycles. The Balaban J connectivity index is 1.55. The molecule has 1 saturated heterocycles. The van der Waals surface area contributed by atoms with E-state index >= 15 is 0 Å². The lowest BCUT2D eigenvalue weighted by Crippen LogP contribution is -2.26. The first-order valence-corrected chi connectivity index (χ1v) is 11.6. The van der Waals surface area contributed by atoms with Gasteiger partial charge in [-0.3, -0.25) is 14.2 Å². The van der Waals surface area contributed by atoms with E-state index in [0.717, 1.165) is 6.42 Å². The average Bonchev–Trinajstić information content (AvgIpc) is 3.34. The van der Waals surface area contributed by atoms with Crippen molar-refractivity contribution in [2.75, 3.05) is 11.9 Å². The van der Waals surface area contributed by atoms with Gasteiger partial charge in [0.15, 0.2) is 11.0 Å². The molecule has 1 N–H and O–H groups in total. The Morgan fingerprint density at radius 1 is 1.22 bits per heavy atom. The maximum atomic E-state index is 12.8. The van der Waals surface area contributed by atoms with Crippen LogP contribution in [-0.2, 0) is 16.1 Å². The number of anilines is 1. The van der Waals surface area contributed by atoms with Gasteiger partial charge in [-0.15, -0.1) is 10.2 Å². The minimum absolute atomic E-state index is 0.0997. The lowest BCUT2D eigenvalue weighted by atomic mass is 10.3. The van der Waals surface area contributed by atoms with Crippen molar-refractivity contribution in [3.8, 4) is 5.82 Å². The van der Waals surface area contributed by atoms with Crippen LogP contribution >= 0.6 is 35.0 Å². The van der Waals surface area contributed by atoms with Gasteiger partial charge in [-0.2, -0.15) is 0 Å². The highest BCUT2D eigenvalue weighted by Gasteiger charge is 2.26. The van der Waals surface area contributed by atoms with Gasteiger partial charge in [0.1, 0.15) is 5.82 Å². The lowest BCUT2D eigenvalue weighted by Gasteiger charge is -2.17. The number of carbonyl (C=O) groups is 2. The minimum Gasteiger partial charge on any atom is -0.335 e. The third kappa shape index (κ3) is 5.23. The molecule has 0 radical (unpaired) electrons. The average molecular weight is 491 g/mol. The molecule has 4 rings (SSSR count). The summed E-state index contributed by atoms with van der Waals surface area (Å²) in [4.78, 5) is 31.0. The van der Waals surface area contributed by atoms with Crippen LogP contribution in [0.5, 0.6) is 0 Å². The van der Waals surface area contributed by atoms with Crippen LogP contribution in [0.25, 0.3) is 5.82 Å². The largest absolute Gasteiger partial charge is 0.335 e. The van der Waals surface area contributed by atoms with E-state index in [0.29, 0.717) is 52.0 Å². The van der Waals surface area contributed by atoms with Gasteiger partial charge >= 0.3 is 0 Å². The van der Waals surface area contributed by atoms with Gasteiger partial charge in [-0.1, -0.05) is 41.0 Å². The zero-order valence-corrected chi connectivity index (χ0v) is 19.5. The van der Waals surface area contributed by atoms with Gasteiger partial charge < -0.3 is 10.2 Å². The normalized spacial score (nSPS) is 14.6. The standard InChI is InChI=1S/C21H20Cl2N6O2S/c1-13(20(31)25-16-10-14(22)9-15(23)11-16)32-21-27-26-18(12-28-8-4-6-19(28)30)29(21)17-5-2-3-7-24-17/h2-3,5,7,9-11,13H,4,6,8,12H2,1H3,(H,25,31). The van der Waals surface area contributed by atoms with Crippen LogP contribution in [0.4, 0.5) is 5.69 Å². The monoisotopic (exact) mass is 490 g/mol. The third-order valence-corrected chi connectivity index (χ3v) is 6.34. The molecule has 1 unspecified atom stereocenters. The SMILES string of the molecule is CC(Sc1nnc(CN2CCCC2=O)n1-c1ccccn1)C(=O)Nc1cc(Cl)cc(Cl)c1. The molecule has 11 heteroatoms. The molecule has 1 aliphatic rings. The summed E-state index contributed by atoms with van der Waals surface area (Å²) < 4.78 is 1.79. The second-order valence-electron chi connectivity index (χ2n) is 7.25. The van der Waals surface area contributed by atoms with Crippen molar-refractivity contribution in [3.63, 3.8) is 0 Å². The topological polar surface area (TPSA) is 93.0 Å². The lowest BCUT2D eigenvalue weighted by molar-refractivity contribution is -0.128. The van der Waals surface area contributed by atoms with Gasteiger partial charge in [-0.25, -0.2) is 4.98 Å². The Morgan fingerprint density at radius 3 is 2.66 bits per heavy atom. The second-order valence-corrected chi connectivity index (χ2v) is 9.43. The summed E-state index contributed by atoms with van der Waals surface area (Å²) in [6, 6.07) is 10.4. The van der Waals surface area contributed by atoms with E-state index in [1.54, 1.807) is 40.8 Å². The number of benzene rings is 1. The predicted molar refractivity (Wildman–Crippen MR) is 124 cm³/mol. The van der Waals surface area contributed by atoms with Crippen molar-refractivity contribution in [3.05, 3.63) is 58.5 Å². The number of nitrogens with zero attached hydrogens (tertiary/aromatic N) is 5. The number of thioether (sulfide) groups is 1. The zero-order valence-electron chi connectivity index (χ0n) is 17.2. The second kappa shape index (κ2) is 9.89. The number of hydrogen-bond acceptors (Lipinski definition) is 6. The van der Waals surface area contributed by atoms with Gasteiger partial charge in [0.25, 0.3) is 0 Å². The Bertz CT molecular complexity index is 1120. The van der Waals surface area contributed by atoms with E-state index < -0.39 is 5.25 Å². The van der Waals surface area contributed by atoms with E-state index in [9.17, 15) is 9.59 Å². The highest BCUT2D eigenvalue weighted by molar-refractivity contribution is 8.00. The van der Waals surface area contributed by atoms with Crippen molar-refractivity contribution in [1.29, 1.82) is 0 Å². The van der Waals surface area contributed by atoms with Gasteiger partial charge in [0.05, 0.1) is 11.8 Å². The first-order valence-electron chi connectivity index (χ1n) is 9.98. The molecule has 3 heterocycles. The third-order valence-electron chi connectivity index (χ3n) is 4.86. The van der Waals surface area contributed by atoms with Crippen LogP contribution in [0.1, 0.15) is 25.6 Å². The summed E-state index contributed by atoms with van der Waals surface area (Å²) >= 11 is 13.3. The molecule has 32 heavy (non-hydrogen) atoms. The molecular weight excluding hydrogens is 471 g/mol. The highest BCUT2D eigenvalue weighted by atomic mass is 35.5. The first-order chi connectivity index (χ1) is 15.4. The molecule has 1 atom stereocenters. The number of likely N-dealkylation sites (tertiary alicyclic amines) is 1. The van der Waals surface area contributed by atoms with E-state index in [1.807, 2.05) is 18.2 Å². The smallest absolute Gasteiger partial charge is 0.237 e. The van der Waals surface area contributed by atoms with Crippen LogP contribution in [0.2, 0.25) is 10.0 Å². The Hall–Kier alpha value is -2.62. The highest BCUT2D eigenvalue weighted by Crippen LogP contribution is 2.28. The summed E-state index contributed by atoms with van der Waals surface area (Å²) in [5.74, 6) is 1.08. The molecule has 0 bridgehead atoms. The number of hydrogen-bond donors (Lipinski definition) is 1. The van der Waals surface area contributed by atoms with Crippen molar-refractivity contribution in [1.82, 2.24) is 24.6 Å². The Kier molecular flexibility index (Phi) is 6.98.